The van der Waals surface area contributed by atoms with Gasteiger partial charge in [0.05, 0.1) is 22.9 Å². The molecular formula is C18H23N3O4S2. The zero-order valence-electron chi connectivity index (χ0n) is 15.2. The average molecular weight is 410 g/mol. The third-order valence-corrected chi connectivity index (χ3v) is 6.00. The van der Waals surface area contributed by atoms with E-state index < -0.39 is 10.0 Å². The van der Waals surface area contributed by atoms with Crippen LogP contribution in [0.15, 0.2) is 53.6 Å². The van der Waals surface area contributed by atoms with E-state index in [4.69, 9.17) is 4.74 Å². The minimum atomic E-state index is -3.63. The SMILES string of the molecule is COCC(C)NS(=O)(=O)c1ccc(NC(=O)CSCc2ccccn2)cc1. The summed E-state index contributed by atoms with van der Waals surface area (Å²) in [4.78, 5) is 16.3. The van der Waals surface area contributed by atoms with Crippen molar-refractivity contribution in [3.05, 3.63) is 54.4 Å². The first kappa shape index (κ1) is 21.4. The van der Waals surface area contributed by atoms with Gasteiger partial charge in [-0.2, -0.15) is 0 Å². The topological polar surface area (TPSA) is 97.4 Å². The molecule has 1 amide bonds. The molecule has 1 aromatic heterocycles. The van der Waals surface area contributed by atoms with Crippen LogP contribution in [0.5, 0.6) is 0 Å². The molecule has 1 aromatic carbocycles. The van der Waals surface area contributed by atoms with Gasteiger partial charge in [-0.1, -0.05) is 6.07 Å². The van der Waals surface area contributed by atoms with Crippen LogP contribution in [-0.2, 0) is 25.3 Å². The van der Waals surface area contributed by atoms with Crippen molar-refractivity contribution in [1.82, 2.24) is 9.71 Å². The summed E-state index contributed by atoms with van der Waals surface area (Å²) < 4.78 is 32.0. The number of methoxy groups -OCH3 is 1. The summed E-state index contributed by atoms with van der Waals surface area (Å²) in [5, 5.41) is 2.75. The van der Waals surface area contributed by atoms with Crippen molar-refractivity contribution >= 4 is 33.4 Å². The van der Waals surface area contributed by atoms with E-state index in [-0.39, 0.29) is 29.2 Å². The van der Waals surface area contributed by atoms with Crippen molar-refractivity contribution in [3.63, 3.8) is 0 Å². The molecular weight excluding hydrogens is 386 g/mol. The third kappa shape index (κ3) is 7.30. The molecule has 2 N–H and O–H groups in total. The van der Waals surface area contributed by atoms with Gasteiger partial charge >= 0.3 is 0 Å². The number of carbonyl (C=O) groups excluding carboxylic acids is 1. The smallest absolute Gasteiger partial charge is 0.240 e. The van der Waals surface area contributed by atoms with Gasteiger partial charge in [-0.25, -0.2) is 13.1 Å². The van der Waals surface area contributed by atoms with E-state index in [9.17, 15) is 13.2 Å². The first-order chi connectivity index (χ1) is 12.9. The quantitative estimate of drug-likeness (QED) is 0.625. The second-order valence-corrected chi connectivity index (χ2v) is 8.56. The van der Waals surface area contributed by atoms with Gasteiger partial charge in [0, 0.05) is 30.8 Å². The number of carbonyl (C=O) groups is 1. The Bertz CT molecular complexity index is 827. The van der Waals surface area contributed by atoms with Gasteiger partial charge in [0.25, 0.3) is 0 Å². The number of nitrogens with one attached hydrogen (secondary N) is 2. The minimum Gasteiger partial charge on any atom is -0.383 e. The summed E-state index contributed by atoms with van der Waals surface area (Å²) in [6.45, 7) is 2.00. The van der Waals surface area contributed by atoms with Crippen LogP contribution in [0.4, 0.5) is 5.69 Å². The maximum Gasteiger partial charge on any atom is 0.240 e. The van der Waals surface area contributed by atoms with Crippen molar-refractivity contribution in [2.75, 3.05) is 24.8 Å². The molecule has 2 rings (SSSR count). The Kier molecular flexibility index (Phi) is 8.23. The van der Waals surface area contributed by atoms with Crippen LogP contribution in [0.1, 0.15) is 12.6 Å². The highest BCUT2D eigenvalue weighted by Gasteiger charge is 2.17. The Morgan fingerprint density at radius 1 is 1.22 bits per heavy atom. The van der Waals surface area contributed by atoms with Crippen LogP contribution >= 0.6 is 11.8 Å². The van der Waals surface area contributed by atoms with Crippen molar-refractivity contribution in [2.24, 2.45) is 0 Å². The number of rotatable bonds is 10. The van der Waals surface area contributed by atoms with Gasteiger partial charge in [-0.15, -0.1) is 11.8 Å². The lowest BCUT2D eigenvalue weighted by Gasteiger charge is -2.13. The van der Waals surface area contributed by atoms with Gasteiger partial charge in [0.15, 0.2) is 0 Å². The number of nitrogens with zero attached hydrogens (tertiary/aromatic N) is 1. The molecule has 0 saturated carbocycles. The molecule has 1 unspecified atom stereocenters. The maximum absolute atomic E-state index is 12.3. The van der Waals surface area contributed by atoms with Crippen LogP contribution in [0.3, 0.4) is 0 Å². The highest BCUT2D eigenvalue weighted by atomic mass is 32.2. The predicted octanol–water partition coefficient (Wildman–Crippen LogP) is 2.27. The molecule has 27 heavy (non-hydrogen) atoms. The van der Waals surface area contributed by atoms with Crippen LogP contribution in [0.2, 0.25) is 0 Å². The lowest BCUT2D eigenvalue weighted by atomic mass is 10.3. The zero-order valence-corrected chi connectivity index (χ0v) is 16.8. The van der Waals surface area contributed by atoms with Gasteiger partial charge in [0.2, 0.25) is 15.9 Å². The molecule has 0 saturated heterocycles. The van der Waals surface area contributed by atoms with E-state index >= 15 is 0 Å². The second-order valence-electron chi connectivity index (χ2n) is 5.86. The number of hydrogen-bond donors (Lipinski definition) is 2. The van der Waals surface area contributed by atoms with Gasteiger partial charge < -0.3 is 10.1 Å². The number of amides is 1. The van der Waals surface area contributed by atoms with E-state index in [2.05, 4.69) is 15.0 Å². The highest BCUT2D eigenvalue weighted by Crippen LogP contribution is 2.15. The summed E-state index contributed by atoms with van der Waals surface area (Å²) in [6.07, 6.45) is 1.72. The summed E-state index contributed by atoms with van der Waals surface area (Å²) in [5.74, 6) is 0.780. The van der Waals surface area contributed by atoms with E-state index in [1.807, 2.05) is 18.2 Å². The molecule has 9 heteroatoms. The van der Waals surface area contributed by atoms with Crippen LogP contribution in [-0.4, -0.2) is 44.8 Å². The maximum atomic E-state index is 12.3. The molecule has 0 spiro atoms. The normalized spacial score (nSPS) is 12.5. The van der Waals surface area contributed by atoms with Crippen LogP contribution < -0.4 is 10.0 Å². The average Bonchev–Trinajstić information content (AvgIpc) is 2.63. The monoisotopic (exact) mass is 409 g/mol. The largest absolute Gasteiger partial charge is 0.383 e. The molecule has 1 heterocycles. The molecule has 0 aliphatic heterocycles. The highest BCUT2D eigenvalue weighted by molar-refractivity contribution is 7.99. The van der Waals surface area contributed by atoms with Crippen molar-refractivity contribution < 1.29 is 17.9 Å². The van der Waals surface area contributed by atoms with E-state index in [0.717, 1.165) is 5.69 Å². The number of benzene rings is 1. The van der Waals surface area contributed by atoms with E-state index in [1.54, 1.807) is 25.3 Å². The summed E-state index contributed by atoms with van der Waals surface area (Å²) >= 11 is 1.46. The van der Waals surface area contributed by atoms with Crippen molar-refractivity contribution in [3.8, 4) is 0 Å². The number of pyridine rings is 1. The van der Waals surface area contributed by atoms with Crippen LogP contribution in [0, 0.1) is 0 Å². The summed E-state index contributed by atoms with van der Waals surface area (Å²) in [6, 6.07) is 11.4. The number of ether oxygens (including phenoxy) is 1. The lowest BCUT2D eigenvalue weighted by molar-refractivity contribution is -0.113. The first-order valence-corrected chi connectivity index (χ1v) is 10.9. The summed E-state index contributed by atoms with van der Waals surface area (Å²) in [7, 11) is -2.11. The van der Waals surface area contributed by atoms with Gasteiger partial charge in [-0.05, 0) is 43.3 Å². The molecule has 0 aliphatic carbocycles. The Morgan fingerprint density at radius 2 is 1.96 bits per heavy atom. The molecule has 0 aliphatic rings. The van der Waals surface area contributed by atoms with Crippen LogP contribution in [0.25, 0.3) is 0 Å². The fraction of sp³-hybridized carbons (Fsp3) is 0.333. The Labute approximate surface area is 164 Å². The summed E-state index contributed by atoms with van der Waals surface area (Å²) in [5.41, 5.74) is 1.46. The standard InChI is InChI=1S/C18H23N3O4S2/c1-14(11-25-2)21-27(23,24)17-8-6-15(7-9-17)20-18(22)13-26-12-16-5-3-4-10-19-16/h3-10,14,21H,11-13H2,1-2H3,(H,20,22). The lowest BCUT2D eigenvalue weighted by Crippen LogP contribution is -2.35. The van der Waals surface area contributed by atoms with Crippen molar-refractivity contribution in [2.45, 2.75) is 23.6 Å². The molecule has 2 aromatic rings. The van der Waals surface area contributed by atoms with Gasteiger partial charge in [0.1, 0.15) is 0 Å². The third-order valence-electron chi connectivity index (χ3n) is 3.43. The molecule has 7 nitrogen and oxygen atoms in total. The fourth-order valence-corrected chi connectivity index (χ4v) is 4.23. The Balaban J connectivity index is 1.84. The van der Waals surface area contributed by atoms with Crippen molar-refractivity contribution in [1.29, 1.82) is 0 Å². The Morgan fingerprint density at radius 3 is 2.59 bits per heavy atom. The van der Waals surface area contributed by atoms with E-state index in [1.165, 1.54) is 31.0 Å². The van der Waals surface area contributed by atoms with Gasteiger partial charge in [-0.3, -0.25) is 9.78 Å². The molecule has 1 atom stereocenters. The zero-order chi connectivity index (χ0) is 19.7. The predicted molar refractivity (Wildman–Crippen MR) is 107 cm³/mol. The number of aromatic nitrogens is 1. The fourth-order valence-electron chi connectivity index (χ4n) is 2.26. The molecule has 0 radical (unpaired) electrons. The number of hydrogen-bond acceptors (Lipinski definition) is 6. The molecule has 146 valence electrons. The molecule has 0 bridgehead atoms. The molecule has 0 fully saturated rings. The van der Waals surface area contributed by atoms with E-state index in [0.29, 0.717) is 11.4 Å². The number of sulfonamides is 1. The number of anilines is 1. The Hall–Kier alpha value is -1.94. The minimum absolute atomic E-state index is 0.132. The second kappa shape index (κ2) is 10.4. The first-order valence-electron chi connectivity index (χ1n) is 8.29. The number of thioether (sulfide) groups is 1.